The van der Waals surface area contributed by atoms with E-state index >= 15 is 0 Å². The molecule has 1 aliphatic heterocycles. The fraction of sp³-hybridized carbons (Fsp3) is 0.619. The number of piperidine rings is 1. The second-order valence-electron chi connectivity index (χ2n) is 6.96. The van der Waals surface area contributed by atoms with E-state index < -0.39 is 18.9 Å². The number of rotatable bonds is 11. The van der Waals surface area contributed by atoms with E-state index in [2.05, 4.69) is 0 Å². The molecule has 0 aliphatic carbocycles. The molecule has 1 aromatic rings. The fourth-order valence-corrected chi connectivity index (χ4v) is 3.23. The molecule has 0 saturated carbocycles. The van der Waals surface area contributed by atoms with Crippen molar-refractivity contribution in [2.45, 2.75) is 32.6 Å². The molecule has 0 radical (unpaired) electrons. The van der Waals surface area contributed by atoms with Crippen LogP contribution >= 0.6 is 0 Å². The monoisotopic (exact) mass is 428 g/mol. The zero-order valence-electron chi connectivity index (χ0n) is 17.6. The molecule has 0 atom stereocenters. The summed E-state index contributed by atoms with van der Waals surface area (Å²) in [6.45, 7) is 2.94. The first-order chi connectivity index (χ1) is 14.5. The third kappa shape index (κ3) is 7.12. The average Bonchev–Trinajstić information content (AvgIpc) is 2.75. The van der Waals surface area contributed by atoms with Crippen molar-refractivity contribution in [1.29, 1.82) is 0 Å². The van der Waals surface area contributed by atoms with Gasteiger partial charge in [0.2, 0.25) is 0 Å². The minimum atomic E-state index is -2.65. The number of alkyl halides is 2. The highest BCUT2D eigenvalue weighted by Gasteiger charge is 2.22. The first kappa shape index (κ1) is 23.9. The third-order valence-electron chi connectivity index (χ3n) is 4.76. The van der Waals surface area contributed by atoms with Gasteiger partial charge in [0.25, 0.3) is 18.2 Å². The normalized spacial score (nSPS) is 14.0. The van der Waals surface area contributed by atoms with Gasteiger partial charge in [0.05, 0.1) is 19.8 Å². The molecule has 9 heteroatoms. The Labute approximate surface area is 175 Å². The number of benzene rings is 1. The van der Waals surface area contributed by atoms with Gasteiger partial charge < -0.3 is 24.0 Å². The lowest BCUT2D eigenvalue weighted by molar-refractivity contribution is -0.134. The number of carbonyl (C=O) groups excluding carboxylic acids is 2. The zero-order chi connectivity index (χ0) is 21.9. The van der Waals surface area contributed by atoms with Crippen LogP contribution in [0.5, 0.6) is 11.5 Å². The second kappa shape index (κ2) is 12.3. The van der Waals surface area contributed by atoms with Crippen LogP contribution < -0.4 is 9.47 Å². The number of nitrogens with zero attached hydrogens (tertiary/aromatic N) is 2. The Bertz CT molecular complexity index is 696. The van der Waals surface area contributed by atoms with Crippen molar-refractivity contribution in [2.24, 2.45) is 0 Å². The average molecular weight is 428 g/mol. The van der Waals surface area contributed by atoms with Crippen molar-refractivity contribution >= 4 is 11.8 Å². The number of hydrogen-bond acceptors (Lipinski definition) is 5. The van der Waals surface area contributed by atoms with E-state index in [4.69, 9.17) is 14.2 Å². The topological polar surface area (TPSA) is 68.3 Å². The predicted molar refractivity (Wildman–Crippen MR) is 107 cm³/mol. The molecule has 0 unspecified atom stereocenters. The van der Waals surface area contributed by atoms with Crippen molar-refractivity contribution in [1.82, 2.24) is 9.80 Å². The highest BCUT2D eigenvalue weighted by Crippen LogP contribution is 2.29. The van der Waals surface area contributed by atoms with Gasteiger partial charge in [0.15, 0.2) is 18.1 Å². The molecule has 30 heavy (non-hydrogen) atoms. The van der Waals surface area contributed by atoms with Crippen molar-refractivity contribution in [2.75, 3.05) is 53.1 Å². The Morgan fingerprint density at radius 2 is 1.87 bits per heavy atom. The summed E-state index contributed by atoms with van der Waals surface area (Å²) in [5.41, 5.74) is 0.199. The summed E-state index contributed by atoms with van der Waals surface area (Å²) in [6, 6.07) is 4.47. The lowest BCUT2D eigenvalue weighted by Gasteiger charge is -2.26. The summed E-state index contributed by atoms with van der Waals surface area (Å²) in [4.78, 5) is 27.8. The Kier molecular flexibility index (Phi) is 9.79. The van der Waals surface area contributed by atoms with Crippen molar-refractivity contribution in [3.63, 3.8) is 0 Å². The number of hydrogen-bond donors (Lipinski definition) is 0. The first-order valence-electron chi connectivity index (χ1n) is 10.2. The van der Waals surface area contributed by atoms with Crippen molar-refractivity contribution < 1.29 is 32.6 Å². The molecule has 0 bridgehead atoms. The van der Waals surface area contributed by atoms with Crippen molar-refractivity contribution in [3.8, 4) is 11.5 Å². The van der Waals surface area contributed by atoms with Crippen LogP contribution in [-0.2, 0) is 9.53 Å². The summed E-state index contributed by atoms with van der Waals surface area (Å²) in [6.07, 6.45) is 0.456. The molecular formula is C21H30F2N2O5. The second-order valence-corrected chi connectivity index (χ2v) is 6.96. The number of likely N-dealkylation sites (tertiary alicyclic amines) is 1. The number of amides is 2. The molecule has 1 fully saturated rings. The lowest BCUT2D eigenvalue weighted by atomic mass is 10.1. The van der Waals surface area contributed by atoms with E-state index in [-0.39, 0.29) is 31.2 Å². The molecule has 168 valence electrons. The molecule has 0 aromatic heterocycles. The van der Waals surface area contributed by atoms with Crippen LogP contribution in [0, 0.1) is 0 Å². The summed E-state index contributed by atoms with van der Waals surface area (Å²) in [5, 5.41) is 0. The predicted octanol–water partition coefficient (Wildman–Crippen LogP) is 2.83. The minimum absolute atomic E-state index is 0.0478. The van der Waals surface area contributed by atoms with Crippen LogP contribution in [0.2, 0.25) is 0 Å². The summed E-state index contributed by atoms with van der Waals surface area (Å²) >= 11 is 0. The van der Waals surface area contributed by atoms with Crippen LogP contribution in [0.3, 0.4) is 0 Å². The molecule has 1 aromatic carbocycles. The van der Waals surface area contributed by atoms with Gasteiger partial charge >= 0.3 is 0 Å². The summed E-state index contributed by atoms with van der Waals surface area (Å²) in [5.74, 6) is -0.0289. The van der Waals surface area contributed by atoms with Gasteiger partial charge in [0, 0.05) is 32.3 Å². The van der Waals surface area contributed by atoms with Crippen molar-refractivity contribution in [3.05, 3.63) is 23.8 Å². The smallest absolute Gasteiger partial charge is 0.260 e. The quantitative estimate of drug-likeness (QED) is 0.542. The van der Waals surface area contributed by atoms with Crippen LogP contribution in [0.15, 0.2) is 18.2 Å². The van der Waals surface area contributed by atoms with E-state index in [0.29, 0.717) is 18.1 Å². The maximum Gasteiger partial charge on any atom is 0.260 e. The van der Waals surface area contributed by atoms with Gasteiger partial charge in [-0.15, -0.1) is 0 Å². The van der Waals surface area contributed by atoms with Gasteiger partial charge in [-0.2, -0.15) is 0 Å². The van der Waals surface area contributed by atoms with Gasteiger partial charge in [-0.05, 0) is 44.4 Å². The molecule has 0 N–H and O–H groups in total. The minimum Gasteiger partial charge on any atom is -0.490 e. The van der Waals surface area contributed by atoms with Crippen LogP contribution in [0.1, 0.15) is 36.5 Å². The molecule has 2 amide bonds. The van der Waals surface area contributed by atoms with Gasteiger partial charge in [-0.1, -0.05) is 0 Å². The van der Waals surface area contributed by atoms with Gasteiger partial charge in [-0.25, -0.2) is 8.78 Å². The summed E-state index contributed by atoms with van der Waals surface area (Å²) < 4.78 is 41.8. The maximum atomic E-state index is 12.9. The number of carbonyl (C=O) groups is 2. The Balaban J connectivity index is 2.10. The zero-order valence-corrected chi connectivity index (χ0v) is 17.6. The molecule has 2 rings (SSSR count). The van der Waals surface area contributed by atoms with Gasteiger partial charge in [-0.3, -0.25) is 9.59 Å². The molecule has 1 saturated heterocycles. The molecule has 7 nitrogen and oxygen atoms in total. The Morgan fingerprint density at radius 1 is 1.13 bits per heavy atom. The first-order valence-corrected chi connectivity index (χ1v) is 10.2. The van der Waals surface area contributed by atoms with Crippen LogP contribution in [0.4, 0.5) is 8.78 Å². The number of ether oxygens (including phenoxy) is 3. The highest BCUT2D eigenvalue weighted by atomic mass is 19.3. The Morgan fingerprint density at radius 3 is 2.50 bits per heavy atom. The van der Waals surface area contributed by atoms with Gasteiger partial charge in [0.1, 0.15) is 0 Å². The van der Waals surface area contributed by atoms with E-state index in [1.54, 1.807) is 11.8 Å². The molecular weight excluding hydrogens is 398 g/mol. The van der Waals surface area contributed by atoms with E-state index in [1.165, 1.54) is 25.3 Å². The largest absolute Gasteiger partial charge is 0.490 e. The molecule has 1 heterocycles. The van der Waals surface area contributed by atoms with Crippen LogP contribution in [-0.4, -0.2) is 81.1 Å². The molecule has 1 aliphatic rings. The van der Waals surface area contributed by atoms with E-state index in [0.717, 1.165) is 37.3 Å². The number of methoxy groups -OCH3 is 1. The van der Waals surface area contributed by atoms with Crippen LogP contribution in [0.25, 0.3) is 0 Å². The SMILES string of the molecule is CCOc1cc(C(=O)N(CCOC)CC(F)F)ccc1OCC(=O)N1CCCCC1. The number of halogens is 2. The van der Waals surface area contributed by atoms with E-state index in [1.807, 2.05) is 0 Å². The molecule has 0 spiro atoms. The highest BCUT2D eigenvalue weighted by molar-refractivity contribution is 5.95. The Hall–Kier alpha value is -2.42. The fourth-order valence-electron chi connectivity index (χ4n) is 3.23. The summed E-state index contributed by atoms with van der Waals surface area (Å²) in [7, 11) is 1.44. The maximum absolute atomic E-state index is 12.9. The standard InChI is InChI=1S/C21H30F2N2O5/c1-3-29-18-13-16(21(27)25(11-12-28-2)14-19(22)23)7-8-17(18)30-15-20(26)24-9-5-4-6-10-24/h7-8,13,19H,3-6,9-12,14-15H2,1-2H3. The van der Waals surface area contributed by atoms with E-state index in [9.17, 15) is 18.4 Å². The third-order valence-corrected chi connectivity index (χ3v) is 4.76. The lowest BCUT2D eigenvalue weighted by Crippen LogP contribution is -2.38.